The van der Waals surface area contributed by atoms with Crippen LogP contribution in [-0.2, 0) is 11.3 Å². The maximum atomic E-state index is 11.3. The van der Waals surface area contributed by atoms with Crippen LogP contribution in [0.4, 0.5) is 11.4 Å². The van der Waals surface area contributed by atoms with Crippen molar-refractivity contribution in [1.82, 2.24) is 14.8 Å². The Morgan fingerprint density at radius 1 is 1.09 bits per heavy atom. The predicted molar refractivity (Wildman–Crippen MR) is 134 cm³/mol. The molecule has 184 valence electrons. The molecule has 2 aliphatic rings. The number of ether oxygens (including phenoxy) is 2. The fourth-order valence-electron chi connectivity index (χ4n) is 4.82. The molecule has 2 N–H and O–H groups in total. The van der Waals surface area contributed by atoms with Crippen LogP contribution in [0.2, 0.25) is 0 Å². The van der Waals surface area contributed by atoms with Crippen LogP contribution in [0.15, 0.2) is 55.1 Å². The number of aryl methyl sites for hydroxylation is 1. The van der Waals surface area contributed by atoms with Gasteiger partial charge in [-0.05, 0) is 61.4 Å². The summed E-state index contributed by atoms with van der Waals surface area (Å²) in [6, 6.07) is 14.0. The molecule has 2 aliphatic heterocycles. The topological polar surface area (TPSA) is 98.7 Å². The standard InChI is InChI=1S/C26H32N6O3/c1-19-12-23(31-10-8-30(9-11-31)22-4-2-21(3-5-22)26(27)33)6-7-25(19)35-16-20-13-24(34-15-20)14-32-18-28-17-29-32/h2-7,12,17-18,20,24H,8-11,13-16H2,1H3,(H2,27,33)/t20-,24-/m0/s1. The zero-order valence-electron chi connectivity index (χ0n) is 20.0. The number of aromatic nitrogens is 3. The van der Waals surface area contributed by atoms with E-state index in [1.54, 1.807) is 24.8 Å². The normalized spacial score (nSPS) is 20.3. The Hall–Kier alpha value is -3.59. The molecule has 35 heavy (non-hydrogen) atoms. The van der Waals surface area contributed by atoms with Crippen LogP contribution in [0.1, 0.15) is 22.3 Å². The molecular weight excluding hydrogens is 444 g/mol. The summed E-state index contributed by atoms with van der Waals surface area (Å²) in [7, 11) is 0. The van der Waals surface area contributed by atoms with Crippen molar-refractivity contribution in [1.29, 1.82) is 0 Å². The number of hydrogen-bond donors (Lipinski definition) is 1. The lowest BCUT2D eigenvalue weighted by atomic mass is 10.1. The van der Waals surface area contributed by atoms with E-state index < -0.39 is 5.91 Å². The van der Waals surface area contributed by atoms with Gasteiger partial charge >= 0.3 is 0 Å². The Bertz CT molecular complexity index is 1130. The number of hydrogen-bond acceptors (Lipinski definition) is 7. The molecule has 2 fully saturated rings. The number of carbonyl (C=O) groups excluding carboxylic acids is 1. The highest BCUT2D eigenvalue weighted by Crippen LogP contribution is 2.28. The van der Waals surface area contributed by atoms with Gasteiger partial charge in [0.2, 0.25) is 5.91 Å². The summed E-state index contributed by atoms with van der Waals surface area (Å²) in [5, 5.41) is 4.16. The van der Waals surface area contributed by atoms with Gasteiger partial charge in [-0.3, -0.25) is 9.48 Å². The molecule has 9 nitrogen and oxygen atoms in total. The van der Waals surface area contributed by atoms with Crippen LogP contribution in [0.3, 0.4) is 0 Å². The fourth-order valence-corrected chi connectivity index (χ4v) is 4.82. The number of amides is 1. The minimum Gasteiger partial charge on any atom is -0.493 e. The van der Waals surface area contributed by atoms with E-state index in [-0.39, 0.29) is 6.10 Å². The first-order chi connectivity index (χ1) is 17.0. The lowest BCUT2D eigenvalue weighted by molar-refractivity contribution is 0.0875. The van der Waals surface area contributed by atoms with Gasteiger partial charge in [0.05, 0.1) is 25.9 Å². The third kappa shape index (κ3) is 5.57. The molecule has 2 saturated heterocycles. The average molecular weight is 477 g/mol. The summed E-state index contributed by atoms with van der Waals surface area (Å²) in [5.41, 5.74) is 9.37. The zero-order chi connectivity index (χ0) is 24.2. The van der Waals surface area contributed by atoms with Gasteiger partial charge in [0, 0.05) is 49.0 Å². The minimum atomic E-state index is -0.395. The van der Waals surface area contributed by atoms with Crippen LogP contribution in [0.25, 0.3) is 0 Å². The van der Waals surface area contributed by atoms with Gasteiger partial charge in [0.1, 0.15) is 18.4 Å². The van der Waals surface area contributed by atoms with E-state index in [1.807, 2.05) is 16.8 Å². The first-order valence-electron chi connectivity index (χ1n) is 12.1. The molecule has 0 saturated carbocycles. The van der Waals surface area contributed by atoms with Gasteiger partial charge in [-0.15, -0.1) is 0 Å². The summed E-state index contributed by atoms with van der Waals surface area (Å²) < 4.78 is 13.9. The molecule has 0 spiro atoms. The number of rotatable bonds is 8. The summed E-state index contributed by atoms with van der Waals surface area (Å²) >= 11 is 0. The fraction of sp³-hybridized carbons (Fsp3) is 0.423. The molecule has 0 aliphatic carbocycles. The molecule has 1 aromatic heterocycles. The van der Waals surface area contributed by atoms with E-state index in [1.165, 1.54) is 5.69 Å². The van der Waals surface area contributed by atoms with Gasteiger partial charge < -0.3 is 25.0 Å². The molecule has 2 atom stereocenters. The van der Waals surface area contributed by atoms with Crippen molar-refractivity contribution in [3.63, 3.8) is 0 Å². The monoisotopic (exact) mass is 476 g/mol. The molecule has 1 amide bonds. The Labute approximate surface area is 205 Å². The van der Waals surface area contributed by atoms with Crippen LogP contribution < -0.4 is 20.3 Å². The van der Waals surface area contributed by atoms with Crippen molar-refractivity contribution in [2.24, 2.45) is 11.7 Å². The van der Waals surface area contributed by atoms with Crippen LogP contribution in [-0.4, -0.2) is 66.2 Å². The molecule has 3 aromatic rings. The number of benzene rings is 2. The smallest absolute Gasteiger partial charge is 0.248 e. The summed E-state index contributed by atoms with van der Waals surface area (Å²) in [6.07, 6.45) is 4.40. The third-order valence-electron chi connectivity index (χ3n) is 6.82. The van der Waals surface area contributed by atoms with Crippen molar-refractivity contribution < 1.29 is 14.3 Å². The number of nitrogens with zero attached hydrogens (tertiary/aromatic N) is 5. The van der Waals surface area contributed by atoms with Crippen molar-refractivity contribution in [3.05, 3.63) is 66.2 Å². The second-order valence-corrected chi connectivity index (χ2v) is 9.32. The van der Waals surface area contributed by atoms with Crippen molar-refractivity contribution in [2.75, 3.05) is 49.2 Å². The SMILES string of the molecule is Cc1cc(N2CCN(c3ccc(C(N)=O)cc3)CC2)ccc1OC[C@@H]1CO[C@H](Cn2cncn2)C1. The number of anilines is 2. The largest absolute Gasteiger partial charge is 0.493 e. The zero-order valence-corrected chi connectivity index (χ0v) is 20.0. The Balaban J connectivity index is 1.10. The van der Waals surface area contributed by atoms with E-state index in [2.05, 4.69) is 45.0 Å². The van der Waals surface area contributed by atoms with Crippen LogP contribution >= 0.6 is 0 Å². The van der Waals surface area contributed by atoms with Gasteiger partial charge in [-0.1, -0.05) is 0 Å². The lowest BCUT2D eigenvalue weighted by Crippen LogP contribution is -2.46. The summed E-state index contributed by atoms with van der Waals surface area (Å²) in [5.74, 6) is 0.919. The summed E-state index contributed by atoms with van der Waals surface area (Å²) in [6.45, 7) is 7.92. The molecule has 0 radical (unpaired) electrons. The quantitative estimate of drug-likeness (QED) is 0.533. The second-order valence-electron chi connectivity index (χ2n) is 9.32. The van der Waals surface area contributed by atoms with Crippen molar-refractivity contribution in [2.45, 2.75) is 26.0 Å². The first-order valence-corrected chi connectivity index (χ1v) is 12.1. The van der Waals surface area contributed by atoms with E-state index in [0.717, 1.165) is 56.1 Å². The van der Waals surface area contributed by atoms with Crippen molar-refractivity contribution in [3.8, 4) is 5.75 Å². The summed E-state index contributed by atoms with van der Waals surface area (Å²) in [4.78, 5) is 20.0. The number of carbonyl (C=O) groups is 1. The predicted octanol–water partition coefficient (Wildman–Crippen LogP) is 2.50. The molecule has 3 heterocycles. The molecular formula is C26H32N6O3. The molecule has 5 rings (SSSR count). The molecule has 9 heteroatoms. The Morgan fingerprint density at radius 3 is 2.46 bits per heavy atom. The van der Waals surface area contributed by atoms with E-state index in [0.29, 0.717) is 24.7 Å². The Morgan fingerprint density at radius 2 is 1.80 bits per heavy atom. The minimum absolute atomic E-state index is 0.161. The van der Waals surface area contributed by atoms with E-state index in [4.69, 9.17) is 15.2 Å². The first kappa shape index (κ1) is 23.2. The number of nitrogens with two attached hydrogens (primary N) is 1. The molecule has 2 aromatic carbocycles. The maximum absolute atomic E-state index is 11.3. The van der Waals surface area contributed by atoms with Gasteiger partial charge in [-0.25, -0.2) is 4.98 Å². The highest BCUT2D eigenvalue weighted by Gasteiger charge is 2.27. The molecule has 0 unspecified atom stereocenters. The highest BCUT2D eigenvalue weighted by atomic mass is 16.5. The highest BCUT2D eigenvalue weighted by molar-refractivity contribution is 5.93. The third-order valence-corrected chi connectivity index (χ3v) is 6.82. The average Bonchev–Trinajstić information content (AvgIpc) is 3.56. The number of piperazine rings is 1. The van der Waals surface area contributed by atoms with Gasteiger partial charge in [-0.2, -0.15) is 5.10 Å². The Kier molecular flexibility index (Phi) is 6.85. The lowest BCUT2D eigenvalue weighted by Gasteiger charge is -2.37. The second kappa shape index (κ2) is 10.4. The number of primary amides is 1. The maximum Gasteiger partial charge on any atom is 0.248 e. The van der Waals surface area contributed by atoms with Crippen molar-refractivity contribution >= 4 is 17.3 Å². The van der Waals surface area contributed by atoms with Crippen LogP contribution in [0, 0.1) is 12.8 Å². The van der Waals surface area contributed by atoms with Gasteiger partial charge in [0.25, 0.3) is 0 Å². The molecule has 0 bridgehead atoms. The van der Waals surface area contributed by atoms with Gasteiger partial charge in [0.15, 0.2) is 0 Å². The van der Waals surface area contributed by atoms with Crippen LogP contribution in [0.5, 0.6) is 5.75 Å². The van der Waals surface area contributed by atoms with E-state index >= 15 is 0 Å². The van der Waals surface area contributed by atoms with E-state index in [9.17, 15) is 4.79 Å².